The maximum Gasteiger partial charge on any atom is 0.311 e. The van der Waals surface area contributed by atoms with Crippen molar-refractivity contribution >= 4 is 33.5 Å². The summed E-state index contributed by atoms with van der Waals surface area (Å²) in [5.41, 5.74) is 2.50. The number of aliphatic hydroxyl groups excluding tert-OH is 1. The quantitative estimate of drug-likeness (QED) is 0.150. The SMILES string of the molecule is C.COC(=O)C1CN(Cc2ccc3cc(O)ccc3c2)C1.COC(=O)C1CN(Cc2ccc3cc(OC4CCC(C5CCCCC5)CC4)ccc3c2)C1.OC1CCC(C2CCCCC2)CC1. The highest BCUT2D eigenvalue weighted by atomic mass is 16.5. The molecule has 360 valence electrons. The second kappa shape index (κ2) is 24.2. The molecule has 2 saturated heterocycles. The normalized spacial score (nSPS) is 24.6. The van der Waals surface area contributed by atoms with Crippen molar-refractivity contribution in [2.75, 3.05) is 40.4 Å². The summed E-state index contributed by atoms with van der Waals surface area (Å²) < 4.78 is 16.0. The molecule has 0 spiro atoms. The monoisotopic (exact) mass is 905 g/mol. The summed E-state index contributed by atoms with van der Waals surface area (Å²) >= 11 is 0. The molecule has 0 amide bonds. The number of benzene rings is 4. The van der Waals surface area contributed by atoms with Gasteiger partial charge in [0.25, 0.3) is 0 Å². The van der Waals surface area contributed by atoms with Gasteiger partial charge in [-0.25, -0.2) is 0 Å². The Morgan fingerprint density at radius 2 is 0.924 bits per heavy atom. The second-order valence-electron chi connectivity index (χ2n) is 20.6. The standard InChI is InChI=1S/C28H37NO3.C16H17NO3.C12H22O.CH4/c1-31-28(30)25-18-29(19-25)17-20-7-8-24-16-27(14-11-23(24)15-20)32-26-12-9-22(10-13-26)21-5-3-2-4-6-21;1-20-16(19)14-9-17(10-14)8-11-2-3-13-7-15(18)5-4-12(13)6-11;13-12-8-6-11(7-9-12)10-4-2-1-3-5-10;/h7-8,11,14-16,21-22,25-26H,2-6,9-10,12-13,17-19H2,1H3;2-7,14,18H,8-10H2,1H3;10-13H,1-9H2;1H4. The molecule has 9 nitrogen and oxygen atoms in total. The van der Waals surface area contributed by atoms with E-state index in [1.807, 2.05) is 12.1 Å². The van der Waals surface area contributed by atoms with Gasteiger partial charge in [-0.15, -0.1) is 0 Å². The van der Waals surface area contributed by atoms with Gasteiger partial charge in [0.15, 0.2) is 0 Å². The maximum atomic E-state index is 11.6. The summed E-state index contributed by atoms with van der Waals surface area (Å²) in [6.45, 7) is 4.83. The largest absolute Gasteiger partial charge is 0.508 e. The lowest BCUT2D eigenvalue weighted by atomic mass is 9.73. The van der Waals surface area contributed by atoms with Crippen LogP contribution in [0.1, 0.15) is 134 Å². The van der Waals surface area contributed by atoms with Gasteiger partial charge in [-0.1, -0.05) is 108 Å². The van der Waals surface area contributed by atoms with Crippen molar-refractivity contribution in [2.45, 2.75) is 148 Å². The Balaban J connectivity index is 0.000000162. The lowest BCUT2D eigenvalue weighted by Gasteiger charge is -2.37. The molecule has 2 N–H and O–H groups in total. The topological polar surface area (TPSA) is 109 Å². The predicted molar refractivity (Wildman–Crippen MR) is 265 cm³/mol. The van der Waals surface area contributed by atoms with E-state index < -0.39 is 0 Å². The molecule has 0 atom stereocenters. The number of fused-ring (bicyclic) bond motifs is 2. The molecule has 0 bridgehead atoms. The highest BCUT2D eigenvalue weighted by Crippen LogP contribution is 2.40. The van der Waals surface area contributed by atoms with Gasteiger partial charge in [0, 0.05) is 39.3 Å². The molecule has 66 heavy (non-hydrogen) atoms. The van der Waals surface area contributed by atoms with Crippen LogP contribution in [0.4, 0.5) is 0 Å². The minimum atomic E-state index is -0.116. The average Bonchev–Trinajstić information content (AvgIpc) is 3.32. The van der Waals surface area contributed by atoms with Gasteiger partial charge in [0.05, 0.1) is 38.3 Å². The number of carbonyl (C=O) groups is 2. The molecule has 0 unspecified atom stereocenters. The van der Waals surface area contributed by atoms with E-state index in [1.165, 1.54) is 139 Å². The van der Waals surface area contributed by atoms with Crippen LogP contribution in [0.15, 0.2) is 72.8 Å². The number of methoxy groups -OCH3 is 2. The Bertz CT molecular complexity index is 2140. The first-order valence-corrected chi connectivity index (χ1v) is 25.4. The molecule has 2 heterocycles. The smallest absolute Gasteiger partial charge is 0.311 e. The lowest BCUT2D eigenvalue weighted by Crippen LogP contribution is -2.49. The van der Waals surface area contributed by atoms with Crippen LogP contribution in [0.2, 0.25) is 0 Å². The molecule has 4 saturated carbocycles. The number of nitrogens with zero attached hydrogens (tertiary/aromatic N) is 2. The molecule has 9 heteroatoms. The minimum Gasteiger partial charge on any atom is -0.508 e. The van der Waals surface area contributed by atoms with Crippen LogP contribution in [0, 0.1) is 35.5 Å². The molecular formula is C57H80N2O7. The number of phenols is 1. The lowest BCUT2D eigenvalue weighted by molar-refractivity contribution is -0.152. The highest BCUT2D eigenvalue weighted by Gasteiger charge is 2.35. The van der Waals surface area contributed by atoms with E-state index in [-0.39, 0.29) is 43.1 Å². The molecular weight excluding hydrogens is 825 g/mol. The first-order chi connectivity index (χ1) is 31.7. The van der Waals surface area contributed by atoms with Gasteiger partial charge in [-0.05, 0) is 144 Å². The van der Waals surface area contributed by atoms with Crippen LogP contribution in [0.3, 0.4) is 0 Å². The Kier molecular flexibility index (Phi) is 18.2. The zero-order valence-electron chi connectivity index (χ0n) is 39.3. The Labute approximate surface area is 395 Å². The van der Waals surface area contributed by atoms with E-state index >= 15 is 0 Å². The Morgan fingerprint density at radius 3 is 1.41 bits per heavy atom. The van der Waals surface area contributed by atoms with Gasteiger partial charge >= 0.3 is 11.9 Å². The number of carbonyl (C=O) groups excluding carboxylic acids is 2. The average molecular weight is 905 g/mol. The number of likely N-dealkylation sites (tertiary alicyclic amines) is 2. The van der Waals surface area contributed by atoms with Crippen LogP contribution in [0.5, 0.6) is 11.5 Å². The number of phenolic OH excluding ortho intramolecular Hbond substituents is 1. The third kappa shape index (κ3) is 13.5. The van der Waals surface area contributed by atoms with E-state index in [0.29, 0.717) is 6.10 Å². The van der Waals surface area contributed by atoms with E-state index in [2.05, 4.69) is 58.3 Å². The maximum absolute atomic E-state index is 11.6. The predicted octanol–water partition coefficient (Wildman–Crippen LogP) is 11.9. The van der Waals surface area contributed by atoms with Crippen molar-refractivity contribution in [1.82, 2.24) is 9.80 Å². The van der Waals surface area contributed by atoms with Crippen LogP contribution in [-0.2, 0) is 32.2 Å². The molecule has 4 aromatic rings. The fourth-order valence-corrected chi connectivity index (χ4v) is 12.0. The zero-order valence-corrected chi connectivity index (χ0v) is 39.3. The number of aliphatic hydroxyl groups is 1. The summed E-state index contributed by atoms with van der Waals surface area (Å²) in [6.07, 6.45) is 24.9. The number of aromatic hydroxyl groups is 1. The Morgan fingerprint density at radius 1 is 0.515 bits per heavy atom. The summed E-state index contributed by atoms with van der Waals surface area (Å²) in [4.78, 5) is 27.4. The first kappa shape index (κ1) is 49.7. The minimum absolute atomic E-state index is 0. The van der Waals surface area contributed by atoms with E-state index in [4.69, 9.17) is 14.2 Å². The summed E-state index contributed by atoms with van der Waals surface area (Å²) in [5.74, 6) is 5.07. The van der Waals surface area contributed by atoms with E-state index in [9.17, 15) is 19.8 Å². The van der Waals surface area contributed by atoms with Crippen LogP contribution in [-0.4, -0.2) is 84.6 Å². The second-order valence-corrected chi connectivity index (χ2v) is 20.6. The molecule has 0 aromatic heterocycles. The number of hydrogen-bond donors (Lipinski definition) is 2. The van der Waals surface area contributed by atoms with Crippen molar-refractivity contribution < 1.29 is 34.0 Å². The van der Waals surface area contributed by atoms with Crippen LogP contribution < -0.4 is 4.74 Å². The number of ether oxygens (including phenoxy) is 3. The van der Waals surface area contributed by atoms with Gasteiger partial charge in [-0.2, -0.15) is 0 Å². The number of hydrogen-bond acceptors (Lipinski definition) is 9. The van der Waals surface area contributed by atoms with Crippen LogP contribution in [0.25, 0.3) is 21.5 Å². The molecule has 0 radical (unpaired) electrons. The molecule has 6 aliphatic rings. The molecule has 4 aromatic carbocycles. The molecule has 2 aliphatic heterocycles. The summed E-state index contributed by atoms with van der Waals surface area (Å²) in [5, 5.41) is 23.5. The van der Waals surface area contributed by atoms with Crippen molar-refractivity contribution in [1.29, 1.82) is 0 Å². The number of esters is 2. The third-order valence-electron chi connectivity index (χ3n) is 16.0. The fourth-order valence-electron chi connectivity index (χ4n) is 12.0. The van der Waals surface area contributed by atoms with E-state index in [0.717, 1.165) is 92.3 Å². The summed E-state index contributed by atoms with van der Waals surface area (Å²) in [6, 6.07) is 24.8. The number of rotatable bonds is 10. The van der Waals surface area contributed by atoms with E-state index in [1.54, 1.807) is 12.1 Å². The van der Waals surface area contributed by atoms with Gasteiger partial charge in [-0.3, -0.25) is 19.4 Å². The molecule has 6 fully saturated rings. The van der Waals surface area contributed by atoms with Crippen molar-refractivity contribution in [3.8, 4) is 11.5 Å². The zero-order chi connectivity index (χ0) is 45.1. The van der Waals surface area contributed by atoms with Gasteiger partial charge < -0.3 is 24.4 Å². The van der Waals surface area contributed by atoms with Gasteiger partial charge in [0.1, 0.15) is 11.5 Å². The highest BCUT2D eigenvalue weighted by molar-refractivity contribution is 5.85. The Hall–Kier alpha value is -4.18. The van der Waals surface area contributed by atoms with Crippen molar-refractivity contribution in [3.05, 3.63) is 83.9 Å². The third-order valence-corrected chi connectivity index (χ3v) is 16.0. The summed E-state index contributed by atoms with van der Waals surface area (Å²) in [7, 11) is 2.90. The van der Waals surface area contributed by atoms with Gasteiger partial charge in [0.2, 0.25) is 0 Å². The molecule has 10 rings (SSSR count). The van der Waals surface area contributed by atoms with Crippen molar-refractivity contribution in [3.63, 3.8) is 0 Å². The first-order valence-electron chi connectivity index (χ1n) is 25.4. The van der Waals surface area contributed by atoms with Crippen molar-refractivity contribution in [2.24, 2.45) is 35.5 Å². The van der Waals surface area contributed by atoms with Crippen LogP contribution >= 0.6 is 0 Å². The molecule has 4 aliphatic carbocycles. The fraction of sp³-hybridized carbons (Fsp3) is 0.614.